The third-order valence-corrected chi connectivity index (χ3v) is 5.81. The maximum atomic E-state index is 12.6. The van der Waals surface area contributed by atoms with Gasteiger partial charge in [0, 0.05) is 32.5 Å². The van der Waals surface area contributed by atoms with Crippen molar-refractivity contribution < 1.29 is 14.0 Å². The molecule has 8 heteroatoms. The van der Waals surface area contributed by atoms with Crippen LogP contribution in [0.5, 0.6) is 0 Å². The van der Waals surface area contributed by atoms with Gasteiger partial charge in [-0.2, -0.15) is 0 Å². The van der Waals surface area contributed by atoms with Crippen LogP contribution in [0.1, 0.15) is 40.5 Å². The van der Waals surface area contributed by atoms with Crippen LogP contribution in [0.25, 0.3) is 0 Å². The van der Waals surface area contributed by atoms with Crippen molar-refractivity contribution in [3.05, 3.63) is 28.9 Å². The van der Waals surface area contributed by atoms with Gasteiger partial charge in [0.25, 0.3) is 0 Å². The van der Waals surface area contributed by atoms with E-state index in [9.17, 15) is 9.59 Å². The van der Waals surface area contributed by atoms with Gasteiger partial charge in [-0.15, -0.1) is 0 Å². The summed E-state index contributed by atoms with van der Waals surface area (Å²) in [6, 6.07) is 0.0134. The first kappa shape index (κ1) is 16.3. The summed E-state index contributed by atoms with van der Waals surface area (Å²) in [6.45, 7) is 4.05. The van der Waals surface area contributed by atoms with E-state index in [0.29, 0.717) is 46.9 Å². The predicted molar refractivity (Wildman–Crippen MR) is 93.0 cm³/mol. The van der Waals surface area contributed by atoms with E-state index in [-0.39, 0.29) is 11.8 Å². The van der Waals surface area contributed by atoms with Crippen molar-refractivity contribution in [2.75, 3.05) is 24.5 Å². The Bertz CT molecular complexity index is 782. The van der Waals surface area contributed by atoms with Gasteiger partial charge >= 0.3 is 6.03 Å². The Balaban J connectivity index is 1.42. The molecule has 0 bridgehead atoms. The fraction of sp³-hybridized carbons (Fsp3) is 0.529. The molecule has 0 N–H and O–H groups in total. The molecule has 1 saturated carbocycles. The summed E-state index contributed by atoms with van der Waals surface area (Å²) in [7, 11) is 0. The van der Waals surface area contributed by atoms with E-state index in [4.69, 9.17) is 4.42 Å². The maximum absolute atomic E-state index is 12.6. The zero-order valence-corrected chi connectivity index (χ0v) is 14.9. The van der Waals surface area contributed by atoms with Crippen molar-refractivity contribution in [2.45, 2.75) is 32.6 Å². The van der Waals surface area contributed by atoms with Gasteiger partial charge in [0.05, 0.1) is 16.8 Å². The fourth-order valence-electron chi connectivity index (χ4n) is 3.01. The van der Waals surface area contributed by atoms with Crippen LogP contribution in [0, 0.1) is 12.8 Å². The molecule has 4 rings (SSSR count). The number of aryl methyl sites for hydroxylation is 2. The summed E-state index contributed by atoms with van der Waals surface area (Å²) in [5.74, 6) is 1.25. The first-order chi connectivity index (χ1) is 12.1. The van der Waals surface area contributed by atoms with E-state index in [1.807, 2.05) is 11.8 Å². The zero-order valence-electron chi connectivity index (χ0n) is 14.1. The Kier molecular flexibility index (Phi) is 4.29. The lowest BCUT2D eigenvalue weighted by Gasteiger charge is -2.16. The Morgan fingerprint density at radius 2 is 2.24 bits per heavy atom. The molecule has 7 nitrogen and oxygen atoms in total. The van der Waals surface area contributed by atoms with E-state index in [2.05, 4.69) is 9.97 Å². The number of carbonyl (C=O) groups is 2. The maximum Gasteiger partial charge on any atom is 0.326 e. The number of aromatic nitrogens is 2. The molecule has 25 heavy (non-hydrogen) atoms. The highest BCUT2D eigenvalue weighted by molar-refractivity contribution is 7.17. The van der Waals surface area contributed by atoms with Crippen LogP contribution in [-0.4, -0.2) is 46.3 Å². The highest BCUT2D eigenvalue weighted by Gasteiger charge is 2.35. The van der Waals surface area contributed by atoms with Gasteiger partial charge in [-0.25, -0.2) is 14.8 Å². The van der Waals surface area contributed by atoms with E-state index in [1.165, 1.54) is 30.4 Å². The number of ketones is 1. The van der Waals surface area contributed by atoms with E-state index in [1.54, 1.807) is 11.1 Å². The van der Waals surface area contributed by atoms with Crippen LogP contribution in [0.3, 0.4) is 0 Å². The molecule has 3 heterocycles. The van der Waals surface area contributed by atoms with Crippen LogP contribution in [0.2, 0.25) is 0 Å². The molecule has 0 radical (unpaired) electrons. The van der Waals surface area contributed by atoms with E-state index in [0.717, 1.165) is 13.1 Å². The van der Waals surface area contributed by atoms with Crippen LogP contribution in [0.15, 0.2) is 16.9 Å². The monoisotopic (exact) mass is 360 g/mol. The molecule has 2 aliphatic rings. The van der Waals surface area contributed by atoms with Gasteiger partial charge in [0.2, 0.25) is 0 Å². The second-order valence-corrected chi connectivity index (χ2v) is 7.56. The summed E-state index contributed by atoms with van der Waals surface area (Å²) in [4.78, 5) is 37.8. The number of hydrogen-bond acceptors (Lipinski definition) is 6. The summed E-state index contributed by atoms with van der Waals surface area (Å²) >= 11 is 1.31. The second-order valence-electron chi connectivity index (χ2n) is 6.58. The summed E-state index contributed by atoms with van der Waals surface area (Å²) in [6.07, 6.45) is 6.32. The number of anilines is 1. The normalized spacial score (nSPS) is 17.6. The van der Waals surface area contributed by atoms with Gasteiger partial charge in [-0.1, -0.05) is 11.3 Å². The van der Waals surface area contributed by atoms with Gasteiger partial charge < -0.3 is 9.32 Å². The highest BCUT2D eigenvalue weighted by Crippen LogP contribution is 2.33. The minimum Gasteiger partial charge on any atom is -0.449 e. The standard InChI is InChI=1S/C17H20N4O3S/c1-11-15(13(22)4-5-14-18-6-9-24-14)25-16(19-11)21-8-7-20(17(21)23)10-12-2-3-12/h6,9,12H,2-5,7-8,10H2,1H3. The Labute approximate surface area is 149 Å². The number of nitrogens with zero attached hydrogens (tertiary/aromatic N) is 4. The van der Waals surface area contributed by atoms with Crippen molar-refractivity contribution in [3.8, 4) is 0 Å². The molecule has 0 atom stereocenters. The average Bonchev–Trinajstić information content (AvgIpc) is 2.97. The summed E-state index contributed by atoms with van der Waals surface area (Å²) in [5, 5.41) is 0.625. The number of carbonyl (C=O) groups excluding carboxylic acids is 2. The Morgan fingerprint density at radius 1 is 1.40 bits per heavy atom. The number of amides is 2. The van der Waals surface area contributed by atoms with Crippen LogP contribution < -0.4 is 4.90 Å². The SMILES string of the molecule is Cc1nc(N2CCN(CC3CC3)C2=O)sc1C(=O)CCc1ncco1. The zero-order chi connectivity index (χ0) is 17.4. The number of rotatable bonds is 7. The third-order valence-electron chi connectivity index (χ3n) is 4.59. The molecule has 1 saturated heterocycles. The van der Waals surface area contributed by atoms with E-state index < -0.39 is 0 Å². The molecule has 2 aromatic rings. The minimum atomic E-state index is 0.0134. The summed E-state index contributed by atoms with van der Waals surface area (Å²) in [5.41, 5.74) is 0.686. The number of hydrogen-bond donors (Lipinski definition) is 0. The smallest absolute Gasteiger partial charge is 0.326 e. The molecule has 132 valence electrons. The van der Waals surface area contributed by atoms with Gasteiger partial charge in [0.15, 0.2) is 16.8 Å². The molecule has 2 aromatic heterocycles. The van der Waals surface area contributed by atoms with Gasteiger partial charge in [0.1, 0.15) is 6.26 Å². The third kappa shape index (κ3) is 3.44. The second kappa shape index (κ2) is 6.59. The molecule has 0 aromatic carbocycles. The minimum absolute atomic E-state index is 0.0134. The topological polar surface area (TPSA) is 79.5 Å². The molecule has 2 fully saturated rings. The van der Waals surface area contributed by atoms with Gasteiger partial charge in [-0.3, -0.25) is 9.69 Å². The number of thiazole rings is 1. The quantitative estimate of drug-likeness (QED) is 0.709. The molecular weight excluding hydrogens is 340 g/mol. The average molecular weight is 360 g/mol. The first-order valence-corrected chi connectivity index (χ1v) is 9.39. The van der Waals surface area contributed by atoms with Crippen molar-refractivity contribution >= 4 is 28.3 Å². The molecule has 0 spiro atoms. The highest BCUT2D eigenvalue weighted by atomic mass is 32.1. The molecular formula is C17H20N4O3S. The lowest BCUT2D eigenvalue weighted by Crippen LogP contribution is -2.33. The molecule has 0 unspecified atom stereocenters. The molecule has 1 aliphatic carbocycles. The number of oxazole rings is 1. The predicted octanol–water partition coefficient (Wildman–Crippen LogP) is 2.91. The lowest BCUT2D eigenvalue weighted by atomic mass is 10.2. The largest absolute Gasteiger partial charge is 0.449 e. The summed E-state index contributed by atoms with van der Waals surface area (Å²) < 4.78 is 5.17. The lowest BCUT2D eigenvalue weighted by molar-refractivity contribution is 0.0983. The first-order valence-electron chi connectivity index (χ1n) is 8.57. The van der Waals surface area contributed by atoms with Crippen molar-refractivity contribution in [3.63, 3.8) is 0 Å². The number of urea groups is 1. The van der Waals surface area contributed by atoms with Crippen LogP contribution >= 0.6 is 11.3 Å². The van der Waals surface area contributed by atoms with Crippen molar-refractivity contribution in [2.24, 2.45) is 5.92 Å². The Morgan fingerprint density at radius 3 is 2.96 bits per heavy atom. The van der Waals surface area contributed by atoms with E-state index >= 15 is 0 Å². The van der Waals surface area contributed by atoms with Crippen molar-refractivity contribution in [1.82, 2.24) is 14.9 Å². The van der Waals surface area contributed by atoms with Gasteiger partial charge in [-0.05, 0) is 25.7 Å². The Hall–Kier alpha value is -2.22. The number of Topliss-reactive ketones (excluding diaryl/α,β-unsaturated/α-hetero) is 1. The fourth-order valence-corrected chi connectivity index (χ4v) is 4.06. The molecule has 1 aliphatic heterocycles. The molecule has 2 amide bonds. The van der Waals surface area contributed by atoms with Crippen LogP contribution in [-0.2, 0) is 6.42 Å². The van der Waals surface area contributed by atoms with Crippen LogP contribution in [0.4, 0.5) is 9.93 Å². The van der Waals surface area contributed by atoms with Crippen molar-refractivity contribution in [1.29, 1.82) is 0 Å².